The standard InChI is InChI=1S/C33H37N7O3/c1-43-17-15-36-33(42)25-11-12-27-20-38(24-32(40(27)18-25)30-10-3-6-14-35-30)22-28(41)21-37-19-26-8-4-7-16-39(26)31(23-37)29-9-2-5-13-34-29/h2-14,16,18,28,35,41H,15,17,19-24H2,1H3. The second kappa shape index (κ2) is 13.3. The quantitative estimate of drug-likeness (QED) is 0.211. The van der Waals surface area contributed by atoms with Crippen molar-refractivity contribution in [2.45, 2.75) is 19.2 Å². The molecule has 0 saturated carbocycles. The van der Waals surface area contributed by atoms with Gasteiger partial charge >= 0.3 is 0 Å². The van der Waals surface area contributed by atoms with Crippen LogP contribution in [0, 0.1) is 0 Å². The lowest BCUT2D eigenvalue weighted by Gasteiger charge is -2.33. The van der Waals surface area contributed by atoms with E-state index in [1.165, 1.54) is 5.69 Å². The lowest BCUT2D eigenvalue weighted by molar-refractivity contribution is -0.600. The van der Waals surface area contributed by atoms with Gasteiger partial charge in [0.15, 0.2) is 18.1 Å². The van der Waals surface area contributed by atoms with E-state index in [0.717, 1.165) is 35.0 Å². The van der Waals surface area contributed by atoms with Gasteiger partial charge in [0.25, 0.3) is 0 Å². The molecule has 6 rings (SSSR count). The van der Waals surface area contributed by atoms with E-state index in [4.69, 9.17) is 4.74 Å². The molecule has 1 atom stereocenters. The van der Waals surface area contributed by atoms with E-state index >= 15 is 0 Å². The molecule has 10 heteroatoms. The molecule has 0 radical (unpaired) electrons. The van der Waals surface area contributed by atoms with Crippen LogP contribution in [0.15, 0.2) is 108 Å². The first-order chi connectivity index (χ1) is 21.1. The first kappa shape index (κ1) is 28.8. The van der Waals surface area contributed by atoms with Crippen LogP contribution in [0.4, 0.5) is 0 Å². The van der Waals surface area contributed by atoms with E-state index in [1.54, 1.807) is 7.11 Å². The van der Waals surface area contributed by atoms with E-state index < -0.39 is 6.10 Å². The van der Waals surface area contributed by atoms with E-state index in [0.29, 0.717) is 51.4 Å². The maximum Gasteiger partial charge on any atom is 0.224 e. The van der Waals surface area contributed by atoms with Gasteiger partial charge in [0.1, 0.15) is 5.70 Å². The number of nitrogens with one attached hydrogen (secondary N) is 1. The summed E-state index contributed by atoms with van der Waals surface area (Å²) in [5.74, 6) is -0.260. The Balaban J connectivity index is 1.20. The van der Waals surface area contributed by atoms with E-state index in [2.05, 4.69) is 52.9 Å². The molecule has 2 N–H and O–H groups in total. The van der Waals surface area contributed by atoms with Crippen LogP contribution in [0.25, 0.3) is 16.7 Å². The van der Waals surface area contributed by atoms with Crippen LogP contribution >= 0.6 is 0 Å². The summed E-state index contributed by atoms with van der Waals surface area (Å²) < 4.78 is 9.33. The number of β-amino-alcohol motifs (C(OH)–C–C–N with tert-alkyl or cyclic N) is 1. The summed E-state index contributed by atoms with van der Waals surface area (Å²) in [7, 11) is 1.59. The Labute approximate surface area is 252 Å². The second-order valence-electron chi connectivity index (χ2n) is 10.9. The summed E-state index contributed by atoms with van der Waals surface area (Å²) in [6.07, 6.45) is 19.0. The number of hydrogen-bond acceptors (Lipinski definition) is 7. The number of fused-ring (bicyclic) bond motifs is 2. The highest BCUT2D eigenvalue weighted by Crippen LogP contribution is 2.23. The fourth-order valence-electron chi connectivity index (χ4n) is 5.82. The first-order valence-electron chi connectivity index (χ1n) is 14.6. The van der Waals surface area contributed by atoms with Crippen molar-refractivity contribution < 1.29 is 24.1 Å². The number of rotatable bonds is 8. The molecule has 0 amide bonds. The zero-order valence-corrected chi connectivity index (χ0v) is 24.3. The molecular weight excluding hydrogens is 542 g/mol. The van der Waals surface area contributed by atoms with Crippen LogP contribution in [0.2, 0.25) is 0 Å². The summed E-state index contributed by atoms with van der Waals surface area (Å²) in [4.78, 5) is 8.68. The molecule has 0 spiro atoms. The van der Waals surface area contributed by atoms with Crippen molar-refractivity contribution in [3.05, 3.63) is 125 Å². The Morgan fingerprint density at radius 1 is 1.00 bits per heavy atom. The molecule has 2 aromatic rings. The van der Waals surface area contributed by atoms with Gasteiger partial charge in [-0.1, -0.05) is 36.1 Å². The Bertz CT molecular complexity index is 1570. The fourth-order valence-corrected chi connectivity index (χ4v) is 5.82. The van der Waals surface area contributed by atoms with Gasteiger partial charge in [0.05, 0.1) is 45.4 Å². The van der Waals surface area contributed by atoms with Crippen LogP contribution in [0.5, 0.6) is 0 Å². The number of nitrogens with zero attached hydrogens (tertiary/aromatic N) is 6. The Morgan fingerprint density at radius 3 is 2.53 bits per heavy atom. The average molecular weight is 580 g/mol. The van der Waals surface area contributed by atoms with Crippen LogP contribution in [-0.4, -0.2) is 73.3 Å². The number of dihydropyridines is 1. The third-order valence-electron chi connectivity index (χ3n) is 7.79. The van der Waals surface area contributed by atoms with Crippen LogP contribution in [-0.2, 0) is 17.8 Å². The van der Waals surface area contributed by atoms with Gasteiger partial charge in [-0.25, -0.2) is 0 Å². The number of allylic oxidation sites excluding steroid dienone is 6. The largest absolute Gasteiger partial charge is 0.858 e. The van der Waals surface area contributed by atoms with Crippen molar-refractivity contribution >= 4 is 17.3 Å². The van der Waals surface area contributed by atoms with Gasteiger partial charge in [0.2, 0.25) is 17.1 Å². The SMILES string of the molecule is COCCN=C([O-])c1ccc2[n+](c1)C(=C1C=CC=CN1)CN(CC(O)CN1CC(=C3C=CC=C[N-]3)[n+]3ccccc3C1)C2. The van der Waals surface area contributed by atoms with Gasteiger partial charge in [-0.05, 0) is 24.1 Å². The predicted molar refractivity (Wildman–Crippen MR) is 163 cm³/mol. The molecule has 2 aromatic heterocycles. The fraction of sp³-hybridized carbons (Fsp3) is 0.303. The Morgan fingerprint density at radius 2 is 1.79 bits per heavy atom. The number of aromatic nitrogens is 2. The molecule has 4 aliphatic heterocycles. The van der Waals surface area contributed by atoms with Crippen molar-refractivity contribution in [1.29, 1.82) is 0 Å². The Hall–Kier alpha value is -4.35. The van der Waals surface area contributed by atoms with Crippen molar-refractivity contribution in [3.63, 3.8) is 0 Å². The van der Waals surface area contributed by atoms with Crippen molar-refractivity contribution in [3.8, 4) is 0 Å². The highest BCUT2D eigenvalue weighted by molar-refractivity contribution is 5.90. The maximum absolute atomic E-state index is 12.7. The second-order valence-corrected chi connectivity index (χ2v) is 10.9. The number of aliphatic imine (C=N–C) groups is 1. The minimum absolute atomic E-state index is 0.260. The zero-order chi connectivity index (χ0) is 29.6. The van der Waals surface area contributed by atoms with Crippen molar-refractivity contribution in [2.75, 3.05) is 46.4 Å². The van der Waals surface area contributed by atoms with Gasteiger partial charge < -0.3 is 25.6 Å². The van der Waals surface area contributed by atoms with Gasteiger partial charge in [-0.2, -0.15) is 15.3 Å². The third kappa shape index (κ3) is 6.68. The molecule has 1 unspecified atom stereocenters. The molecule has 0 bridgehead atoms. The smallest absolute Gasteiger partial charge is 0.224 e. The summed E-state index contributed by atoms with van der Waals surface area (Å²) in [5.41, 5.74) is 6.74. The number of methoxy groups -OCH3 is 1. The minimum atomic E-state index is -0.562. The summed E-state index contributed by atoms with van der Waals surface area (Å²) in [5, 5.41) is 32.1. The van der Waals surface area contributed by atoms with Crippen molar-refractivity contribution in [2.24, 2.45) is 4.99 Å². The summed E-state index contributed by atoms with van der Waals surface area (Å²) in [6.45, 7) is 4.46. The molecule has 222 valence electrons. The molecule has 43 heavy (non-hydrogen) atoms. The first-order valence-corrected chi connectivity index (χ1v) is 14.6. The van der Waals surface area contributed by atoms with Crippen LogP contribution in [0.3, 0.4) is 0 Å². The molecule has 0 aromatic carbocycles. The lowest BCUT2D eigenvalue weighted by atomic mass is 10.1. The topological polar surface area (TPSA) is 105 Å². The maximum atomic E-state index is 12.7. The normalized spacial score (nSPS) is 22.6. The molecular formula is C33H37N7O3. The molecule has 4 aliphatic rings. The van der Waals surface area contributed by atoms with Crippen molar-refractivity contribution in [1.82, 2.24) is 15.1 Å². The van der Waals surface area contributed by atoms with Crippen LogP contribution in [0.1, 0.15) is 17.0 Å². The van der Waals surface area contributed by atoms with E-state index in [9.17, 15) is 10.2 Å². The molecule has 0 fully saturated rings. The lowest BCUT2D eigenvalue weighted by Crippen LogP contribution is -2.54. The number of aliphatic hydroxyl groups is 1. The summed E-state index contributed by atoms with van der Waals surface area (Å²) >= 11 is 0. The highest BCUT2D eigenvalue weighted by Gasteiger charge is 2.33. The molecule has 6 heterocycles. The molecule has 0 aliphatic carbocycles. The summed E-state index contributed by atoms with van der Waals surface area (Å²) in [6, 6.07) is 10.0. The highest BCUT2D eigenvalue weighted by atomic mass is 16.5. The Kier molecular flexibility index (Phi) is 8.90. The average Bonchev–Trinajstić information content (AvgIpc) is 3.04. The number of hydrogen-bond donors (Lipinski definition) is 2. The van der Waals surface area contributed by atoms with Gasteiger partial charge in [-0.3, -0.25) is 14.8 Å². The van der Waals surface area contributed by atoms with E-state index in [1.807, 2.05) is 73.3 Å². The minimum Gasteiger partial charge on any atom is -0.858 e. The zero-order valence-electron chi connectivity index (χ0n) is 24.3. The predicted octanol–water partition coefficient (Wildman–Crippen LogP) is 1.17. The molecule has 0 saturated heterocycles. The van der Waals surface area contributed by atoms with E-state index in [-0.39, 0.29) is 5.90 Å². The number of ether oxygens (including phenoxy) is 1. The monoisotopic (exact) mass is 579 g/mol. The van der Waals surface area contributed by atoms with Gasteiger partial charge in [0, 0.05) is 50.2 Å². The third-order valence-corrected chi connectivity index (χ3v) is 7.79. The van der Waals surface area contributed by atoms with Gasteiger partial charge in [-0.15, -0.1) is 0 Å². The van der Waals surface area contributed by atoms with Crippen LogP contribution < -0.4 is 19.6 Å². The number of aliphatic hydroxyl groups excluding tert-OH is 1. The number of pyridine rings is 2. The molecule has 10 nitrogen and oxygen atoms in total.